The molecule has 2 heterocycles. The van der Waals surface area contributed by atoms with Crippen molar-refractivity contribution in [2.75, 3.05) is 19.0 Å². The van der Waals surface area contributed by atoms with E-state index in [4.69, 9.17) is 39.5 Å². The Bertz CT molecular complexity index is 884. The van der Waals surface area contributed by atoms with Gasteiger partial charge in [-0.1, -0.05) is 29.3 Å². The molecule has 3 aromatic rings. The normalized spacial score (nSPS) is 11.2. The molecule has 0 aliphatic carbocycles. The van der Waals surface area contributed by atoms with Crippen LogP contribution in [0.25, 0.3) is 11.2 Å². The number of rotatable bonds is 7. The average molecular weight is 401 g/mol. The molecule has 0 fully saturated rings. The summed E-state index contributed by atoms with van der Waals surface area (Å²) >= 11 is 18.1. The maximum atomic E-state index is 6.08. The Labute approximate surface area is 160 Å². The lowest BCUT2D eigenvalue weighted by Crippen LogP contribution is -2.05. The van der Waals surface area contributed by atoms with Gasteiger partial charge in [-0.15, -0.1) is 0 Å². The molecule has 2 aromatic heterocycles. The summed E-state index contributed by atoms with van der Waals surface area (Å²) in [5.41, 5.74) is 2.33. The molecule has 0 amide bonds. The summed E-state index contributed by atoms with van der Waals surface area (Å²) < 4.78 is 7.02. The lowest BCUT2D eigenvalue weighted by molar-refractivity contribution is 0.190. The van der Waals surface area contributed by atoms with Crippen LogP contribution in [-0.2, 0) is 17.8 Å². The monoisotopic (exact) mass is 399 g/mol. The minimum Gasteiger partial charge on any atom is -0.385 e. The van der Waals surface area contributed by atoms with Gasteiger partial charge in [-0.2, -0.15) is 9.97 Å². The fraction of sp³-hybridized carbons (Fsp3) is 0.312. The van der Waals surface area contributed by atoms with Crippen molar-refractivity contribution in [2.45, 2.75) is 19.5 Å². The van der Waals surface area contributed by atoms with Gasteiger partial charge in [0.25, 0.3) is 0 Å². The molecule has 0 saturated heterocycles. The number of halogens is 3. The number of aromatic nitrogens is 4. The summed E-state index contributed by atoms with van der Waals surface area (Å²) in [6, 6.07) is 5.46. The van der Waals surface area contributed by atoms with Crippen LogP contribution in [0, 0.1) is 0 Å². The van der Waals surface area contributed by atoms with Crippen molar-refractivity contribution in [1.29, 1.82) is 0 Å². The molecule has 0 atom stereocenters. The first kappa shape index (κ1) is 18.2. The Hall–Kier alpha value is -1.60. The van der Waals surface area contributed by atoms with Crippen LogP contribution in [0.5, 0.6) is 0 Å². The Kier molecular flexibility index (Phi) is 5.96. The molecule has 1 N–H and O–H groups in total. The van der Waals surface area contributed by atoms with Crippen LogP contribution in [-0.4, -0.2) is 33.2 Å². The van der Waals surface area contributed by atoms with Crippen molar-refractivity contribution < 1.29 is 4.74 Å². The molecule has 0 aliphatic rings. The third-order valence-electron chi connectivity index (χ3n) is 3.63. The number of anilines is 1. The Morgan fingerprint density at radius 2 is 2.00 bits per heavy atom. The van der Waals surface area contributed by atoms with Crippen LogP contribution in [0.4, 0.5) is 5.82 Å². The number of nitrogens with one attached hydrogen (secondary N) is 1. The zero-order valence-electron chi connectivity index (χ0n) is 13.5. The van der Waals surface area contributed by atoms with Crippen molar-refractivity contribution in [3.05, 3.63) is 45.4 Å². The second-order valence-electron chi connectivity index (χ2n) is 5.40. The van der Waals surface area contributed by atoms with Gasteiger partial charge in [0.15, 0.2) is 17.0 Å². The van der Waals surface area contributed by atoms with Crippen LogP contribution >= 0.6 is 34.8 Å². The smallest absolute Gasteiger partial charge is 0.226 e. The van der Waals surface area contributed by atoms with Crippen LogP contribution in [0.2, 0.25) is 15.3 Å². The summed E-state index contributed by atoms with van der Waals surface area (Å²) in [5.74, 6) is 0.576. The fourth-order valence-electron chi connectivity index (χ4n) is 2.42. The lowest BCUT2D eigenvalue weighted by Gasteiger charge is -2.08. The highest BCUT2D eigenvalue weighted by Crippen LogP contribution is 2.25. The number of aryl methyl sites for hydroxylation is 1. The maximum absolute atomic E-state index is 6.08. The summed E-state index contributed by atoms with van der Waals surface area (Å²) in [4.78, 5) is 13.0. The van der Waals surface area contributed by atoms with Crippen molar-refractivity contribution in [1.82, 2.24) is 19.5 Å². The number of nitrogens with zero attached hydrogens (tertiary/aromatic N) is 4. The third kappa shape index (κ3) is 4.33. The first-order valence-corrected chi connectivity index (χ1v) is 8.77. The Balaban J connectivity index is 1.82. The molecular formula is C16H16Cl3N5O. The van der Waals surface area contributed by atoms with Crippen molar-refractivity contribution in [2.24, 2.45) is 0 Å². The van der Waals surface area contributed by atoms with E-state index in [2.05, 4.69) is 20.3 Å². The van der Waals surface area contributed by atoms with Gasteiger partial charge in [-0.25, -0.2) is 4.98 Å². The standard InChI is InChI=1S/C16H16Cl3N5O/c1-25-6-2-5-24-9-21-13-14(22-16(19)23-15(13)24)20-8-10-3-4-11(17)12(18)7-10/h3-4,7,9H,2,5-6,8H2,1H3,(H,20,22,23). The summed E-state index contributed by atoms with van der Waals surface area (Å²) in [6.07, 6.45) is 2.59. The molecule has 0 bridgehead atoms. The highest BCUT2D eigenvalue weighted by atomic mass is 35.5. The quantitative estimate of drug-likeness (QED) is 0.469. The molecule has 0 radical (unpaired) electrons. The van der Waals surface area contributed by atoms with Gasteiger partial charge in [-0.05, 0) is 35.7 Å². The zero-order valence-corrected chi connectivity index (χ0v) is 15.7. The third-order valence-corrected chi connectivity index (χ3v) is 4.54. The first-order valence-electron chi connectivity index (χ1n) is 7.63. The molecular weight excluding hydrogens is 385 g/mol. The number of hydrogen-bond donors (Lipinski definition) is 1. The Morgan fingerprint density at radius 1 is 1.16 bits per heavy atom. The van der Waals surface area contributed by atoms with Crippen LogP contribution < -0.4 is 5.32 Å². The maximum Gasteiger partial charge on any atom is 0.226 e. The second kappa shape index (κ2) is 8.19. The van der Waals surface area contributed by atoms with E-state index < -0.39 is 0 Å². The molecule has 0 spiro atoms. The number of ether oxygens (including phenoxy) is 1. The summed E-state index contributed by atoms with van der Waals surface area (Å²) in [6.45, 7) is 1.92. The number of hydrogen-bond acceptors (Lipinski definition) is 5. The van der Waals surface area contributed by atoms with Gasteiger partial charge in [0.2, 0.25) is 5.28 Å². The number of fused-ring (bicyclic) bond motifs is 1. The summed E-state index contributed by atoms with van der Waals surface area (Å²) in [7, 11) is 1.68. The van der Waals surface area contributed by atoms with E-state index >= 15 is 0 Å². The fourth-order valence-corrected chi connectivity index (χ4v) is 2.90. The van der Waals surface area contributed by atoms with Crippen LogP contribution in [0.1, 0.15) is 12.0 Å². The molecule has 132 valence electrons. The SMILES string of the molecule is COCCCn1cnc2c(NCc3ccc(Cl)c(Cl)c3)nc(Cl)nc21. The van der Waals surface area contributed by atoms with Gasteiger partial charge in [0.05, 0.1) is 16.4 Å². The molecule has 25 heavy (non-hydrogen) atoms. The van der Waals surface area contributed by atoms with E-state index in [1.54, 1.807) is 25.6 Å². The van der Waals surface area contributed by atoms with Crippen molar-refractivity contribution in [3.63, 3.8) is 0 Å². The highest BCUT2D eigenvalue weighted by Gasteiger charge is 2.12. The van der Waals surface area contributed by atoms with E-state index in [0.717, 1.165) is 18.5 Å². The molecule has 9 heteroatoms. The summed E-state index contributed by atoms with van der Waals surface area (Å²) in [5, 5.41) is 4.43. The second-order valence-corrected chi connectivity index (χ2v) is 6.55. The van der Waals surface area contributed by atoms with Crippen molar-refractivity contribution >= 4 is 51.8 Å². The molecule has 1 aromatic carbocycles. The highest BCUT2D eigenvalue weighted by molar-refractivity contribution is 6.42. The minimum atomic E-state index is 0.164. The van der Waals surface area contributed by atoms with E-state index in [9.17, 15) is 0 Å². The molecule has 0 aliphatic heterocycles. The van der Waals surface area contributed by atoms with Crippen molar-refractivity contribution in [3.8, 4) is 0 Å². The van der Waals surface area contributed by atoms with Gasteiger partial charge >= 0.3 is 0 Å². The van der Waals surface area contributed by atoms with Gasteiger partial charge in [-0.3, -0.25) is 0 Å². The molecule has 6 nitrogen and oxygen atoms in total. The Morgan fingerprint density at radius 3 is 2.76 bits per heavy atom. The number of benzene rings is 1. The topological polar surface area (TPSA) is 64.9 Å². The van der Waals surface area contributed by atoms with E-state index in [1.165, 1.54) is 0 Å². The first-order chi connectivity index (χ1) is 12.1. The average Bonchev–Trinajstić information content (AvgIpc) is 2.99. The van der Waals surface area contributed by atoms with Gasteiger partial charge in [0.1, 0.15) is 0 Å². The van der Waals surface area contributed by atoms with Crippen LogP contribution in [0.15, 0.2) is 24.5 Å². The van der Waals surface area contributed by atoms with Gasteiger partial charge in [0, 0.05) is 26.8 Å². The molecule has 0 saturated carbocycles. The minimum absolute atomic E-state index is 0.164. The number of methoxy groups -OCH3 is 1. The molecule has 0 unspecified atom stereocenters. The predicted octanol–water partition coefficient (Wildman–Crippen LogP) is 4.44. The zero-order chi connectivity index (χ0) is 17.8. The lowest BCUT2D eigenvalue weighted by atomic mass is 10.2. The van der Waals surface area contributed by atoms with Crippen LogP contribution in [0.3, 0.4) is 0 Å². The van der Waals surface area contributed by atoms with E-state index in [1.807, 2.05) is 10.6 Å². The largest absolute Gasteiger partial charge is 0.385 e. The molecule has 3 rings (SSSR count). The predicted molar refractivity (Wildman–Crippen MR) is 101 cm³/mol. The number of imidazole rings is 1. The van der Waals surface area contributed by atoms with Gasteiger partial charge < -0.3 is 14.6 Å². The van der Waals surface area contributed by atoms with E-state index in [-0.39, 0.29) is 5.28 Å². The van der Waals surface area contributed by atoms with E-state index in [0.29, 0.717) is 40.2 Å².